The van der Waals surface area contributed by atoms with Crippen LogP contribution in [0.4, 0.5) is 17.6 Å². The van der Waals surface area contributed by atoms with Crippen LogP contribution in [-0.4, -0.2) is 31.1 Å². The Morgan fingerprint density at radius 3 is 2.43 bits per heavy atom. The quantitative estimate of drug-likeness (QED) is 0.812. The van der Waals surface area contributed by atoms with Crippen molar-refractivity contribution >= 4 is 0 Å². The first kappa shape index (κ1) is 18.2. The first-order valence-electron chi connectivity index (χ1n) is 8.16. The van der Waals surface area contributed by atoms with Crippen LogP contribution >= 0.6 is 0 Å². The lowest BCUT2D eigenvalue weighted by Gasteiger charge is -2.39. The van der Waals surface area contributed by atoms with Crippen LogP contribution in [0.2, 0.25) is 0 Å². The summed E-state index contributed by atoms with van der Waals surface area (Å²) >= 11 is 0. The van der Waals surface area contributed by atoms with E-state index >= 15 is 0 Å². The van der Waals surface area contributed by atoms with Gasteiger partial charge in [0.05, 0.1) is 5.56 Å². The van der Waals surface area contributed by atoms with Gasteiger partial charge < -0.3 is 5.32 Å². The molecule has 1 heterocycles. The van der Waals surface area contributed by atoms with Crippen molar-refractivity contribution in [3.05, 3.63) is 35.1 Å². The molecule has 0 radical (unpaired) electrons. The summed E-state index contributed by atoms with van der Waals surface area (Å²) in [6, 6.07) is 3.30. The Kier molecular flexibility index (Phi) is 6.03. The van der Waals surface area contributed by atoms with Crippen LogP contribution in [0.15, 0.2) is 18.2 Å². The fourth-order valence-corrected chi connectivity index (χ4v) is 3.52. The molecule has 1 saturated heterocycles. The highest BCUT2D eigenvalue weighted by molar-refractivity contribution is 5.34. The first-order valence-corrected chi connectivity index (χ1v) is 8.16. The second-order valence-corrected chi connectivity index (χ2v) is 6.20. The molecule has 1 aromatic rings. The van der Waals surface area contributed by atoms with E-state index in [2.05, 4.69) is 10.2 Å². The summed E-state index contributed by atoms with van der Waals surface area (Å²) in [5.74, 6) is -1.15. The monoisotopic (exact) mass is 332 g/mol. The van der Waals surface area contributed by atoms with Crippen molar-refractivity contribution < 1.29 is 17.6 Å². The van der Waals surface area contributed by atoms with E-state index in [1.165, 1.54) is 12.1 Å². The molecule has 0 aliphatic carbocycles. The van der Waals surface area contributed by atoms with Crippen LogP contribution < -0.4 is 5.32 Å². The Bertz CT molecular complexity index is 510. The number of piperazine rings is 1. The first-order chi connectivity index (χ1) is 10.9. The highest BCUT2D eigenvalue weighted by Crippen LogP contribution is 2.41. The van der Waals surface area contributed by atoms with Crippen LogP contribution in [-0.2, 0) is 6.18 Å². The molecule has 1 N–H and O–H groups in total. The number of benzene rings is 1. The predicted octanol–water partition coefficient (Wildman–Crippen LogP) is 4.23. The largest absolute Gasteiger partial charge is 0.419 e. The Balaban J connectivity index is 2.48. The topological polar surface area (TPSA) is 15.3 Å². The summed E-state index contributed by atoms with van der Waals surface area (Å²) in [5.41, 5.74) is -1.04. The van der Waals surface area contributed by atoms with Gasteiger partial charge in [0.25, 0.3) is 0 Å². The zero-order valence-electron chi connectivity index (χ0n) is 13.6. The van der Waals surface area contributed by atoms with Crippen LogP contribution in [0, 0.1) is 11.7 Å². The summed E-state index contributed by atoms with van der Waals surface area (Å²) < 4.78 is 54.2. The fraction of sp³-hybridized carbons (Fsp3) is 0.647. The Hall–Kier alpha value is -1.14. The number of rotatable bonds is 5. The van der Waals surface area contributed by atoms with Crippen molar-refractivity contribution in [2.45, 2.75) is 38.9 Å². The molecule has 2 nitrogen and oxygen atoms in total. The van der Waals surface area contributed by atoms with Gasteiger partial charge in [-0.15, -0.1) is 0 Å². The van der Waals surface area contributed by atoms with Gasteiger partial charge in [-0.05, 0) is 24.0 Å². The van der Waals surface area contributed by atoms with Crippen molar-refractivity contribution in [2.75, 3.05) is 26.2 Å². The maximum Gasteiger partial charge on any atom is 0.419 e. The van der Waals surface area contributed by atoms with Gasteiger partial charge >= 0.3 is 6.18 Å². The average Bonchev–Trinajstić information content (AvgIpc) is 2.47. The standard InChI is InChI=1S/C17H24F4N2/c1-3-5-12(2)16(23-10-8-22-9-11-23)13-6-4-7-14(18)15(13)17(19,20)21/h4,6-7,12,16,22H,3,5,8-11H2,1-2H3/t12?,16-/m0/s1. The fourth-order valence-electron chi connectivity index (χ4n) is 3.52. The molecular formula is C17H24F4N2. The molecule has 2 atom stereocenters. The van der Waals surface area contributed by atoms with Crippen LogP contribution in [0.25, 0.3) is 0 Å². The number of hydrogen-bond donors (Lipinski definition) is 1. The van der Waals surface area contributed by atoms with Crippen LogP contribution in [0.1, 0.15) is 43.9 Å². The maximum absolute atomic E-state index is 14.0. The van der Waals surface area contributed by atoms with Gasteiger partial charge in [-0.25, -0.2) is 4.39 Å². The summed E-state index contributed by atoms with van der Waals surface area (Å²) in [7, 11) is 0. The Morgan fingerprint density at radius 2 is 1.87 bits per heavy atom. The van der Waals surface area contributed by atoms with E-state index in [0.717, 1.165) is 32.0 Å². The van der Waals surface area contributed by atoms with Gasteiger partial charge in [0.15, 0.2) is 0 Å². The Labute approximate surface area is 134 Å². The molecule has 1 aliphatic heterocycles. The number of halogens is 4. The minimum Gasteiger partial charge on any atom is -0.314 e. The maximum atomic E-state index is 14.0. The molecule has 0 saturated carbocycles. The minimum absolute atomic E-state index is 0.0287. The van der Waals surface area contributed by atoms with Crippen molar-refractivity contribution in [3.63, 3.8) is 0 Å². The minimum atomic E-state index is -4.68. The smallest absolute Gasteiger partial charge is 0.314 e. The number of nitrogens with zero attached hydrogens (tertiary/aromatic N) is 1. The summed E-state index contributed by atoms with van der Waals surface area (Å²) in [4.78, 5) is 2.06. The highest BCUT2D eigenvalue weighted by atomic mass is 19.4. The summed E-state index contributed by atoms with van der Waals surface area (Å²) in [5, 5.41) is 3.21. The van der Waals surface area contributed by atoms with Gasteiger partial charge in [-0.3, -0.25) is 4.90 Å². The highest BCUT2D eigenvalue weighted by Gasteiger charge is 2.40. The molecule has 1 fully saturated rings. The van der Waals surface area contributed by atoms with Gasteiger partial charge in [-0.2, -0.15) is 13.2 Å². The molecule has 0 spiro atoms. The number of hydrogen-bond acceptors (Lipinski definition) is 2. The van der Waals surface area contributed by atoms with Crippen molar-refractivity contribution in [3.8, 4) is 0 Å². The van der Waals surface area contributed by atoms with E-state index in [9.17, 15) is 17.6 Å². The lowest BCUT2D eigenvalue weighted by Crippen LogP contribution is -2.47. The third-order valence-electron chi connectivity index (χ3n) is 4.48. The van der Waals surface area contributed by atoms with E-state index in [4.69, 9.17) is 0 Å². The number of nitrogens with one attached hydrogen (secondary N) is 1. The van der Waals surface area contributed by atoms with E-state index in [0.29, 0.717) is 13.1 Å². The zero-order chi connectivity index (χ0) is 17.0. The lowest BCUT2D eigenvalue weighted by atomic mass is 9.86. The molecule has 6 heteroatoms. The Morgan fingerprint density at radius 1 is 1.22 bits per heavy atom. The molecule has 0 amide bonds. The summed E-state index contributed by atoms with van der Waals surface area (Å²) in [6.07, 6.45) is -2.98. The molecule has 0 bridgehead atoms. The second kappa shape index (κ2) is 7.62. The van der Waals surface area contributed by atoms with Gasteiger partial charge in [0.1, 0.15) is 5.82 Å². The van der Waals surface area contributed by atoms with E-state index < -0.39 is 23.6 Å². The van der Waals surface area contributed by atoms with Crippen molar-refractivity contribution in [1.82, 2.24) is 10.2 Å². The zero-order valence-corrected chi connectivity index (χ0v) is 13.6. The molecule has 1 aromatic carbocycles. The second-order valence-electron chi connectivity index (χ2n) is 6.20. The molecule has 0 aromatic heterocycles. The van der Waals surface area contributed by atoms with Gasteiger partial charge in [0, 0.05) is 32.2 Å². The van der Waals surface area contributed by atoms with Crippen molar-refractivity contribution in [1.29, 1.82) is 0 Å². The third kappa shape index (κ3) is 4.23. The molecule has 23 heavy (non-hydrogen) atoms. The van der Waals surface area contributed by atoms with E-state index in [-0.39, 0.29) is 11.5 Å². The van der Waals surface area contributed by atoms with Crippen LogP contribution in [0.3, 0.4) is 0 Å². The van der Waals surface area contributed by atoms with Crippen molar-refractivity contribution in [2.24, 2.45) is 5.92 Å². The summed E-state index contributed by atoms with van der Waals surface area (Å²) in [6.45, 7) is 6.81. The van der Waals surface area contributed by atoms with Gasteiger partial charge in [0.2, 0.25) is 0 Å². The molecule has 130 valence electrons. The predicted molar refractivity (Wildman–Crippen MR) is 82.7 cm³/mol. The van der Waals surface area contributed by atoms with E-state index in [1.807, 2.05) is 13.8 Å². The molecule has 1 unspecified atom stereocenters. The molecule has 1 aliphatic rings. The molecule has 2 rings (SSSR count). The normalized spacial score (nSPS) is 19.6. The SMILES string of the molecule is CCCC(C)[C@@H](c1cccc(F)c1C(F)(F)F)N1CCNCC1. The third-order valence-corrected chi connectivity index (χ3v) is 4.48. The average molecular weight is 332 g/mol. The number of alkyl halides is 3. The van der Waals surface area contributed by atoms with Crippen LogP contribution in [0.5, 0.6) is 0 Å². The van der Waals surface area contributed by atoms with Gasteiger partial charge in [-0.1, -0.05) is 32.4 Å². The molecular weight excluding hydrogens is 308 g/mol. The van der Waals surface area contributed by atoms with E-state index in [1.54, 1.807) is 0 Å². The lowest BCUT2D eigenvalue weighted by molar-refractivity contribution is -0.141.